The van der Waals surface area contributed by atoms with Crippen molar-refractivity contribution >= 4 is 11.6 Å². The summed E-state index contributed by atoms with van der Waals surface area (Å²) in [7, 11) is 0. The maximum Gasteiger partial charge on any atom is 0.152 e. The summed E-state index contributed by atoms with van der Waals surface area (Å²) in [6.07, 6.45) is 0. The molecule has 1 aliphatic rings. The fourth-order valence-corrected chi connectivity index (χ4v) is 2.44. The molecule has 3 nitrogen and oxygen atoms in total. The molecule has 0 spiro atoms. The van der Waals surface area contributed by atoms with Gasteiger partial charge >= 0.3 is 0 Å². The van der Waals surface area contributed by atoms with E-state index in [9.17, 15) is 0 Å². The Morgan fingerprint density at radius 2 is 2.06 bits per heavy atom. The van der Waals surface area contributed by atoms with Crippen LogP contribution in [0.1, 0.15) is 11.3 Å². The Labute approximate surface area is 105 Å². The quantitative estimate of drug-likeness (QED) is 0.840. The molecule has 0 atom stereocenters. The summed E-state index contributed by atoms with van der Waals surface area (Å²) in [5.74, 6) is 0.978. The van der Waals surface area contributed by atoms with Gasteiger partial charge in [-0.25, -0.2) is 4.98 Å². The van der Waals surface area contributed by atoms with Crippen molar-refractivity contribution in [2.45, 2.75) is 20.0 Å². The van der Waals surface area contributed by atoms with Crippen LogP contribution in [-0.2, 0) is 13.1 Å². The van der Waals surface area contributed by atoms with Gasteiger partial charge in [-0.05, 0) is 6.92 Å². The Balaban J connectivity index is 2.11. The summed E-state index contributed by atoms with van der Waals surface area (Å²) in [5.41, 5.74) is 3.48. The third-order valence-corrected chi connectivity index (χ3v) is 3.44. The monoisotopic (exact) mass is 247 g/mol. The summed E-state index contributed by atoms with van der Waals surface area (Å²) in [6, 6.07) is 8.41. The SMILES string of the molecule is Cc1ccc(-c2nc(Cl)c3n2CCNC3)cc1. The molecule has 0 fully saturated rings. The van der Waals surface area contributed by atoms with Crippen molar-refractivity contribution in [3.63, 3.8) is 0 Å². The van der Waals surface area contributed by atoms with Gasteiger partial charge in [0, 0.05) is 25.2 Å². The number of rotatable bonds is 1. The molecule has 4 heteroatoms. The highest BCUT2D eigenvalue weighted by atomic mass is 35.5. The highest BCUT2D eigenvalue weighted by Crippen LogP contribution is 2.27. The molecule has 0 unspecified atom stereocenters. The summed E-state index contributed by atoms with van der Waals surface area (Å²) < 4.78 is 2.21. The molecule has 0 radical (unpaired) electrons. The fraction of sp³-hybridized carbons (Fsp3) is 0.308. The van der Waals surface area contributed by atoms with Crippen LogP contribution in [0.5, 0.6) is 0 Å². The Bertz CT molecular complexity index is 543. The second-order valence-corrected chi connectivity index (χ2v) is 4.73. The van der Waals surface area contributed by atoms with Gasteiger partial charge in [0.2, 0.25) is 0 Å². The number of nitrogens with one attached hydrogen (secondary N) is 1. The second kappa shape index (κ2) is 4.17. The summed E-state index contributed by atoms with van der Waals surface area (Å²) >= 11 is 6.17. The number of benzene rings is 1. The van der Waals surface area contributed by atoms with E-state index >= 15 is 0 Å². The van der Waals surface area contributed by atoms with Gasteiger partial charge in [-0.1, -0.05) is 41.4 Å². The van der Waals surface area contributed by atoms with Gasteiger partial charge in [0.25, 0.3) is 0 Å². The lowest BCUT2D eigenvalue weighted by Gasteiger charge is -2.17. The predicted molar refractivity (Wildman–Crippen MR) is 69.1 cm³/mol. The number of imidazole rings is 1. The molecule has 0 amide bonds. The van der Waals surface area contributed by atoms with Gasteiger partial charge in [0.15, 0.2) is 5.15 Å². The third kappa shape index (κ3) is 1.85. The van der Waals surface area contributed by atoms with Gasteiger partial charge in [-0.2, -0.15) is 0 Å². The topological polar surface area (TPSA) is 29.9 Å². The van der Waals surface area contributed by atoms with Crippen molar-refractivity contribution < 1.29 is 0 Å². The Morgan fingerprint density at radius 3 is 2.82 bits per heavy atom. The molecule has 0 aliphatic carbocycles. The molecule has 2 heterocycles. The Morgan fingerprint density at radius 1 is 1.29 bits per heavy atom. The van der Waals surface area contributed by atoms with Crippen molar-refractivity contribution in [1.82, 2.24) is 14.9 Å². The minimum Gasteiger partial charge on any atom is -0.324 e. The van der Waals surface area contributed by atoms with E-state index in [0.29, 0.717) is 5.15 Å². The van der Waals surface area contributed by atoms with E-state index in [0.717, 1.165) is 36.7 Å². The lowest BCUT2D eigenvalue weighted by molar-refractivity contribution is 0.520. The minimum atomic E-state index is 0.618. The van der Waals surface area contributed by atoms with E-state index in [1.165, 1.54) is 5.56 Å². The first-order valence-electron chi connectivity index (χ1n) is 5.78. The lowest BCUT2D eigenvalue weighted by atomic mass is 10.1. The zero-order valence-electron chi connectivity index (χ0n) is 9.70. The van der Waals surface area contributed by atoms with Crippen molar-refractivity contribution in [3.05, 3.63) is 40.7 Å². The second-order valence-electron chi connectivity index (χ2n) is 4.37. The third-order valence-electron chi connectivity index (χ3n) is 3.14. The van der Waals surface area contributed by atoms with E-state index in [-0.39, 0.29) is 0 Å². The fourth-order valence-electron chi connectivity index (χ4n) is 2.19. The summed E-state index contributed by atoms with van der Waals surface area (Å²) in [5, 5.41) is 3.93. The van der Waals surface area contributed by atoms with Crippen LogP contribution < -0.4 is 5.32 Å². The predicted octanol–water partition coefficient (Wildman–Crippen LogP) is 2.62. The Kier molecular flexibility index (Phi) is 2.65. The number of fused-ring (bicyclic) bond motifs is 1. The number of hydrogen-bond acceptors (Lipinski definition) is 2. The van der Waals surface area contributed by atoms with Crippen LogP contribution >= 0.6 is 11.6 Å². The molecular weight excluding hydrogens is 234 g/mol. The van der Waals surface area contributed by atoms with Crippen LogP contribution in [0.3, 0.4) is 0 Å². The zero-order chi connectivity index (χ0) is 11.8. The molecule has 0 bridgehead atoms. The van der Waals surface area contributed by atoms with Crippen molar-refractivity contribution in [3.8, 4) is 11.4 Å². The molecule has 0 saturated carbocycles. The first-order valence-corrected chi connectivity index (χ1v) is 6.16. The number of aromatic nitrogens is 2. The average Bonchev–Trinajstić information content (AvgIpc) is 2.69. The van der Waals surface area contributed by atoms with Crippen LogP contribution in [0.25, 0.3) is 11.4 Å². The maximum absolute atomic E-state index is 6.17. The van der Waals surface area contributed by atoms with Gasteiger partial charge in [-0.15, -0.1) is 0 Å². The first kappa shape index (κ1) is 10.8. The molecule has 3 rings (SSSR count). The van der Waals surface area contributed by atoms with Crippen LogP contribution in [0.15, 0.2) is 24.3 Å². The highest BCUT2D eigenvalue weighted by Gasteiger charge is 2.19. The summed E-state index contributed by atoms with van der Waals surface area (Å²) in [4.78, 5) is 4.48. The van der Waals surface area contributed by atoms with Crippen LogP contribution in [0.4, 0.5) is 0 Å². The van der Waals surface area contributed by atoms with Gasteiger partial charge in [-0.3, -0.25) is 0 Å². The largest absolute Gasteiger partial charge is 0.324 e. The molecule has 2 aromatic rings. The normalized spacial score (nSPS) is 14.7. The van der Waals surface area contributed by atoms with Gasteiger partial charge < -0.3 is 9.88 Å². The molecule has 1 aliphatic heterocycles. The van der Waals surface area contributed by atoms with Crippen LogP contribution in [-0.4, -0.2) is 16.1 Å². The molecule has 1 aromatic heterocycles. The van der Waals surface area contributed by atoms with Gasteiger partial charge in [0.1, 0.15) is 5.82 Å². The standard InChI is InChI=1S/C13H14ClN3/c1-9-2-4-10(5-3-9)13-16-12(14)11-8-15-6-7-17(11)13/h2-5,15H,6-8H2,1H3. The number of halogens is 1. The van der Waals surface area contributed by atoms with Crippen molar-refractivity contribution in [1.29, 1.82) is 0 Å². The molecule has 1 N–H and O–H groups in total. The molecule has 88 valence electrons. The molecular formula is C13H14ClN3. The molecule has 0 saturated heterocycles. The van der Waals surface area contributed by atoms with E-state index < -0.39 is 0 Å². The zero-order valence-corrected chi connectivity index (χ0v) is 10.5. The molecule has 17 heavy (non-hydrogen) atoms. The van der Waals surface area contributed by atoms with Crippen molar-refractivity contribution in [2.24, 2.45) is 0 Å². The Hall–Kier alpha value is -1.32. The summed E-state index contributed by atoms with van der Waals surface area (Å²) in [6.45, 7) is 4.79. The number of hydrogen-bond donors (Lipinski definition) is 1. The van der Waals surface area contributed by atoms with E-state index in [1.54, 1.807) is 0 Å². The van der Waals surface area contributed by atoms with Crippen LogP contribution in [0, 0.1) is 6.92 Å². The maximum atomic E-state index is 6.17. The van der Waals surface area contributed by atoms with Crippen LogP contribution in [0.2, 0.25) is 5.15 Å². The van der Waals surface area contributed by atoms with Crippen molar-refractivity contribution in [2.75, 3.05) is 6.54 Å². The number of aryl methyl sites for hydroxylation is 1. The van der Waals surface area contributed by atoms with E-state index in [2.05, 4.69) is 46.1 Å². The smallest absolute Gasteiger partial charge is 0.152 e. The first-order chi connectivity index (χ1) is 8.25. The van der Waals surface area contributed by atoms with E-state index in [4.69, 9.17) is 11.6 Å². The van der Waals surface area contributed by atoms with E-state index in [1.807, 2.05) is 0 Å². The highest BCUT2D eigenvalue weighted by molar-refractivity contribution is 6.30. The minimum absolute atomic E-state index is 0.618. The molecule has 1 aromatic carbocycles. The average molecular weight is 248 g/mol. The van der Waals surface area contributed by atoms with Gasteiger partial charge in [0.05, 0.1) is 5.69 Å². The number of nitrogens with zero attached hydrogens (tertiary/aromatic N) is 2. The lowest BCUT2D eigenvalue weighted by Crippen LogP contribution is -2.28.